The van der Waals surface area contributed by atoms with Gasteiger partial charge in [0.25, 0.3) is 5.91 Å². The van der Waals surface area contributed by atoms with E-state index >= 15 is 0 Å². The normalized spacial score (nSPS) is 11.7. The number of hydrogen-bond acceptors (Lipinski definition) is 5. The summed E-state index contributed by atoms with van der Waals surface area (Å²) in [6.45, 7) is 2.14. The molecule has 0 saturated heterocycles. The Morgan fingerprint density at radius 1 is 1.28 bits per heavy atom. The number of hydrogen-bond donors (Lipinski definition) is 1. The molecule has 0 aliphatic carbocycles. The molecular formula is C15H12F3N5O2. The predicted molar refractivity (Wildman–Crippen MR) is 81.3 cm³/mol. The molecule has 0 unspecified atom stereocenters. The van der Waals surface area contributed by atoms with Gasteiger partial charge < -0.3 is 10.5 Å². The third-order valence-corrected chi connectivity index (χ3v) is 3.31. The van der Waals surface area contributed by atoms with Crippen molar-refractivity contribution in [2.24, 2.45) is 5.73 Å². The van der Waals surface area contributed by atoms with Crippen LogP contribution in [0, 0.1) is 0 Å². The molecule has 2 heterocycles. The molecule has 0 atom stereocenters. The van der Waals surface area contributed by atoms with Crippen molar-refractivity contribution in [2.75, 3.05) is 6.61 Å². The van der Waals surface area contributed by atoms with Gasteiger partial charge in [-0.25, -0.2) is 15.0 Å². The van der Waals surface area contributed by atoms with E-state index in [1.165, 1.54) is 18.2 Å². The first-order valence-corrected chi connectivity index (χ1v) is 7.16. The van der Waals surface area contributed by atoms with Crippen molar-refractivity contribution in [3.63, 3.8) is 0 Å². The van der Waals surface area contributed by atoms with Crippen molar-refractivity contribution in [1.29, 1.82) is 0 Å². The monoisotopic (exact) mass is 351 g/mol. The number of imidazole rings is 1. The zero-order chi connectivity index (χ0) is 18.2. The molecule has 2 aromatic heterocycles. The number of rotatable bonds is 4. The van der Waals surface area contributed by atoms with E-state index in [0.29, 0.717) is 12.4 Å². The fraction of sp³-hybridized carbons (Fsp3) is 0.200. The number of amides is 1. The Bertz CT molecular complexity index is 935. The second kappa shape index (κ2) is 6.04. The molecule has 2 N–H and O–H groups in total. The average Bonchev–Trinajstić information content (AvgIpc) is 2.94. The van der Waals surface area contributed by atoms with Crippen LogP contribution in [0.15, 0.2) is 30.6 Å². The number of halogens is 3. The first-order valence-electron chi connectivity index (χ1n) is 7.16. The molecule has 25 heavy (non-hydrogen) atoms. The number of carbonyl (C=O) groups is 1. The number of alkyl halides is 3. The summed E-state index contributed by atoms with van der Waals surface area (Å²) in [4.78, 5) is 22.3. The Hall–Kier alpha value is -3.17. The number of nitrogens with zero attached hydrogens (tertiary/aromatic N) is 4. The highest BCUT2D eigenvalue weighted by atomic mass is 19.4. The maximum atomic E-state index is 13.4. The first kappa shape index (κ1) is 16.7. The largest absolute Gasteiger partial charge is 0.494 e. The Morgan fingerprint density at radius 2 is 2.04 bits per heavy atom. The smallest absolute Gasteiger partial charge is 0.450 e. The second-order valence-corrected chi connectivity index (χ2v) is 4.98. The van der Waals surface area contributed by atoms with Gasteiger partial charge in [-0.1, -0.05) is 0 Å². The third kappa shape index (κ3) is 3.10. The van der Waals surface area contributed by atoms with Gasteiger partial charge in [-0.15, -0.1) is 0 Å². The molecule has 3 aromatic rings. The fourth-order valence-electron chi connectivity index (χ4n) is 2.30. The molecule has 0 bridgehead atoms. The third-order valence-electron chi connectivity index (χ3n) is 3.31. The molecule has 0 saturated carbocycles. The van der Waals surface area contributed by atoms with E-state index in [1.807, 2.05) is 0 Å². The average molecular weight is 351 g/mol. The summed E-state index contributed by atoms with van der Waals surface area (Å²) in [5.74, 6) is -1.71. The summed E-state index contributed by atoms with van der Waals surface area (Å²) >= 11 is 0. The lowest BCUT2D eigenvalue weighted by Gasteiger charge is -2.10. The second-order valence-electron chi connectivity index (χ2n) is 4.98. The van der Waals surface area contributed by atoms with E-state index in [4.69, 9.17) is 10.5 Å². The van der Waals surface area contributed by atoms with Crippen LogP contribution in [-0.2, 0) is 6.18 Å². The van der Waals surface area contributed by atoms with E-state index in [0.717, 1.165) is 17.0 Å². The SMILES string of the molecule is CCOc1ccc2c(c1)nc(C(F)(F)F)n2-c1cnc(C(N)=O)cn1. The molecule has 0 radical (unpaired) electrons. The minimum Gasteiger partial charge on any atom is -0.494 e. The molecule has 130 valence electrons. The Labute approximate surface area is 139 Å². The van der Waals surface area contributed by atoms with E-state index in [1.54, 1.807) is 6.92 Å². The van der Waals surface area contributed by atoms with Gasteiger partial charge in [0.2, 0.25) is 5.82 Å². The van der Waals surface area contributed by atoms with E-state index in [9.17, 15) is 18.0 Å². The van der Waals surface area contributed by atoms with E-state index < -0.39 is 17.9 Å². The maximum Gasteiger partial charge on any atom is 0.450 e. The van der Waals surface area contributed by atoms with Crippen molar-refractivity contribution < 1.29 is 22.7 Å². The fourth-order valence-corrected chi connectivity index (χ4v) is 2.30. The van der Waals surface area contributed by atoms with Crippen LogP contribution in [0.4, 0.5) is 13.2 Å². The van der Waals surface area contributed by atoms with Crippen LogP contribution in [-0.4, -0.2) is 32.0 Å². The van der Waals surface area contributed by atoms with Crippen LogP contribution in [0.2, 0.25) is 0 Å². The number of ether oxygens (including phenoxy) is 1. The van der Waals surface area contributed by atoms with Crippen molar-refractivity contribution in [3.8, 4) is 11.6 Å². The van der Waals surface area contributed by atoms with Crippen molar-refractivity contribution >= 4 is 16.9 Å². The van der Waals surface area contributed by atoms with Crippen molar-refractivity contribution in [2.45, 2.75) is 13.1 Å². The van der Waals surface area contributed by atoms with Gasteiger partial charge in [0.15, 0.2) is 5.82 Å². The minimum atomic E-state index is -4.71. The molecular weight excluding hydrogens is 339 g/mol. The predicted octanol–water partition coefficient (Wildman–Crippen LogP) is 2.33. The lowest BCUT2D eigenvalue weighted by Crippen LogP contribution is -2.17. The van der Waals surface area contributed by atoms with Crippen molar-refractivity contribution in [3.05, 3.63) is 42.1 Å². The number of nitrogens with two attached hydrogens (primary N) is 1. The lowest BCUT2D eigenvalue weighted by molar-refractivity contribution is -0.145. The van der Waals surface area contributed by atoms with Gasteiger partial charge in [-0.3, -0.25) is 9.36 Å². The molecule has 0 aliphatic rings. The van der Waals surface area contributed by atoms with Gasteiger partial charge in [0, 0.05) is 6.07 Å². The highest BCUT2D eigenvalue weighted by Gasteiger charge is 2.38. The van der Waals surface area contributed by atoms with Crippen LogP contribution < -0.4 is 10.5 Å². The van der Waals surface area contributed by atoms with Gasteiger partial charge >= 0.3 is 6.18 Å². The number of carbonyl (C=O) groups excluding carboxylic acids is 1. The lowest BCUT2D eigenvalue weighted by atomic mass is 10.3. The molecule has 10 heteroatoms. The summed E-state index contributed by atoms with van der Waals surface area (Å²) < 4.78 is 46.3. The standard InChI is InChI=1S/C15H12F3N5O2/c1-2-25-8-3-4-11-9(5-8)22-14(15(16,17)18)23(11)12-7-20-10(6-21-12)13(19)24/h3-7H,2H2,1H3,(H2,19,24). The van der Waals surface area contributed by atoms with Crippen molar-refractivity contribution in [1.82, 2.24) is 19.5 Å². The summed E-state index contributed by atoms with van der Waals surface area (Å²) in [5, 5.41) is 0. The van der Waals surface area contributed by atoms with Gasteiger partial charge in [0.05, 0.1) is 30.0 Å². The number of aromatic nitrogens is 4. The number of fused-ring (bicyclic) bond motifs is 1. The van der Waals surface area contributed by atoms with Gasteiger partial charge in [-0.2, -0.15) is 13.2 Å². The molecule has 3 rings (SSSR count). The van der Waals surface area contributed by atoms with Crippen LogP contribution >= 0.6 is 0 Å². The molecule has 0 aliphatic heterocycles. The van der Waals surface area contributed by atoms with Gasteiger partial charge in [0.1, 0.15) is 11.4 Å². The van der Waals surface area contributed by atoms with Gasteiger partial charge in [-0.05, 0) is 19.1 Å². The Morgan fingerprint density at radius 3 is 2.60 bits per heavy atom. The molecule has 0 spiro atoms. The highest BCUT2D eigenvalue weighted by molar-refractivity contribution is 5.90. The van der Waals surface area contributed by atoms with Crippen LogP contribution in [0.25, 0.3) is 16.9 Å². The molecule has 7 nitrogen and oxygen atoms in total. The van der Waals surface area contributed by atoms with Crippen LogP contribution in [0.5, 0.6) is 5.75 Å². The van der Waals surface area contributed by atoms with E-state index in [2.05, 4.69) is 15.0 Å². The summed E-state index contributed by atoms with van der Waals surface area (Å²) in [7, 11) is 0. The topological polar surface area (TPSA) is 95.9 Å². The van der Waals surface area contributed by atoms with Crippen LogP contribution in [0.1, 0.15) is 23.2 Å². The maximum absolute atomic E-state index is 13.4. The number of benzene rings is 1. The Kier molecular flexibility index (Phi) is 4.03. The molecule has 1 aromatic carbocycles. The zero-order valence-corrected chi connectivity index (χ0v) is 12.9. The minimum absolute atomic E-state index is 0.0963. The summed E-state index contributed by atoms with van der Waals surface area (Å²) in [6, 6.07) is 4.40. The summed E-state index contributed by atoms with van der Waals surface area (Å²) in [5.41, 5.74) is 5.18. The Balaban J connectivity index is 2.22. The van der Waals surface area contributed by atoms with E-state index in [-0.39, 0.29) is 22.5 Å². The number of primary amides is 1. The molecule has 1 amide bonds. The molecule has 0 fully saturated rings. The van der Waals surface area contributed by atoms with Crippen LogP contribution in [0.3, 0.4) is 0 Å². The highest BCUT2D eigenvalue weighted by Crippen LogP contribution is 2.34. The summed E-state index contributed by atoms with van der Waals surface area (Å²) in [6.07, 6.45) is -2.67. The zero-order valence-electron chi connectivity index (χ0n) is 12.9. The first-order chi connectivity index (χ1) is 11.8. The quantitative estimate of drug-likeness (QED) is 0.778.